The molecule has 1 aromatic rings. The summed E-state index contributed by atoms with van der Waals surface area (Å²) in [5.41, 5.74) is 6.78. The van der Waals surface area contributed by atoms with Gasteiger partial charge in [-0.3, -0.25) is 4.79 Å². The largest absolute Gasteiger partial charge is 0.399 e. The Labute approximate surface area is 124 Å². The Morgan fingerprint density at radius 2 is 2.40 bits per heavy atom. The average molecular weight is 298 g/mol. The van der Waals surface area contributed by atoms with Crippen LogP contribution in [0.5, 0.6) is 0 Å². The Bertz CT molecular complexity index is 475. The van der Waals surface area contributed by atoms with E-state index in [9.17, 15) is 4.79 Å². The molecule has 3 N–H and O–H groups in total. The van der Waals surface area contributed by atoms with Crippen molar-refractivity contribution in [2.45, 2.75) is 18.9 Å². The zero-order valence-corrected chi connectivity index (χ0v) is 12.3. The van der Waals surface area contributed by atoms with Crippen molar-refractivity contribution in [1.29, 1.82) is 0 Å². The van der Waals surface area contributed by atoms with Gasteiger partial charge >= 0.3 is 0 Å². The van der Waals surface area contributed by atoms with Gasteiger partial charge in [-0.15, -0.1) is 0 Å². The van der Waals surface area contributed by atoms with Crippen LogP contribution in [-0.2, 0) is 9.53 Å². The molecule has 1 unspecified atom stereocenters. The molecule has 0 aromatic heterocycles. The zero-order chi connectivity index (χ0) is 14.5. The Balaban J connectivity index is 1.80. The van der Waals surface area contributed by atoms with Crippen molar-refractivity contribution in [2.24, 2.45) is 0 Å². The molecular formula is C14H20ClN3O2. The third-order valence-electron chi connectivity index (χ3n) is 3.49. The van der Waals surface area contributed by atoms with Crippen LogP contribution in [0.3, 0.4) is 0 Å². The quantitative estimate of drug-likeness (QED) is 0.816. The fraction of sp³-hybridized carbons (Fsp3) is 0.500. The highest BCUT2D eigenvalue weighted by molar-refractivity contribution is 6.34. The molecule has 1 atom stereocenters. The predicted molar refractivity (Wildman–Crippen MR) is 81.0 cm³/mol. The van der Waals surface area contributed by atoms with Crippen molar-refractivity contribution < 1.29 is 9.53 Å². The van der Waals surface area contributed by atoms with E-state index >= 15 is 0 Å². The van der Waals surface area contributed by atoms with E-state index in [1.54, 1.807) is 18.2 Å². The maximum absolute atomic E-state index is 11.9. The molecule has 1 amide bonds. The number of benzene rings is 1. The number of nitrogens with one attached hydrogen (secondary N) is 1. The number of anilines is 2. The Hall–Kier alpha value is -1.30. The van der Waals surface area contributed by atoms with Gasteiger partial charge in [0.15, 0.2) is 0 Å². The number of hydrogen-bond donors (Lipinski definition) is 2. The number of amides is 1. The summed E-state index contributed by atoms with van der Waals surface area (Å²) in [5.74, 6) is -0.0533. The zero-order valence-electron chi connectivity index (χ0n) is 11.6. The van der Waals surface area contributed by atoms with Crippen LogP contribution in [0.25, 0.3) is 0 Å². The van der Waals surface area contributed by atoms with Gasteiger partial charge < -0.3 is 20.7 Å². The molecule has 2 rings (SSSR count). The number of carbonyl (C=O) groups excluding carboxylic acids is 1. The molecule has 1 aliphatic heterocycles. The normalized spacial score (nSPS) is 18.4. The van der Waals surface area contributed by atoms with Gasteiger partial charge in [-0.1, -0.05) is 11.6 Å². The maximum atomic E-state index is 11.9. The van der Waals surface area contributed by atoms with Crippen LogP contribution in [0.15, 0.2) is 18.2 Å². The number of nitrogens with two attached hydrogens (primary N) is 1. The topological polar surface area (TPSA) is 67.6 Å². The second-order valence-corrected chi connectivity index (χ2v) is 5.44. The van der Waals surface area contributed by atoms with Gasteiger partial charge in [0.25, 0.3) is 0 Å². The summed E-state index contributed by atoms with van der Waals surface area (Å²) in [6.07, 6.45) is 1.45. The monoisotopic (exact) mass is 297 g/mol. The van der Waals surface area contributed by atoms with E-state index in [-0.39, 0.29) is 5.91 Å². The number of nitrogen functional groups attached to an aromatic ring is 1. The fourth-order valence-electron chi connectivity index (χ4n) is 2.18. The van der Waals surface area contributed by atoms with Crippen LogP contribution in [-0.4, -0.2) is 43.7 Å². The van der Waals surface area contributed by atoms with Gasteiger partial charge in [0.1, 0.15) is 0 Å². The lowest BCUT2D eigenvalue weighted by molar-refractivity contribution is -0.116. The molecule has 1 aliphatic rings. The number of nitrogens with zero attached hydrogens (tertiary/aromatic N) is 1. The molecule has 5 nitrogen and oxygen atoms in total. The van der Waals surface area contributed by atoms with Gasteiger partial charge in [0.05, 0.1) is 17.3 Å². The van der Waals surface area contributed by atoms with E-state index in [0.717, 1.165) is 19.6 Å². The molecular weight excluding hydrogens is 278 g/mol. The Morgan fingerprint density at radius 1 is 1.60 bits per heavy atom. The second kappa shape index (κ2) is 6.92. The van der Waals surface area contributed by atoms with Crippen molar-refractivity contribution >= 4 is 28.9 Å². The summed E-state index contributed by atoms with van der Waals surface area (Å²) in [4.78, 5) is 14.1. The first kappa shape index (κ1) is 15.1. The van der Waals surface area contributed by atoms with Crippen molar-refractivity contribution in [2.75, 3.05) is 37.9 Å². The minimum absolute atomic E-state index is 0.0533. The SMILES string of the molecule is CN(CCC(=O)Nc1ccc(N)cc1Cl)C1CCOC1. The lowest BCUT2D eigenvalue weighted by Gasteiger charge is -2.22. The molecule has 0 aliphatic carbocycles. The molecule has 0 spiro atoms. The van der Waals surface area contributed by atoms with Crippen LogP contribution < -0.4 is 11.1 Å². The van der Waals surface area contributed by atoms with Crippen LogP contribution >= 0.6 is 11.6 Å². The molecule has 1 heterocycles. The van der Waals surface area contributed by atoms with E-state index in [1.165, 1.54) is 0 Å². The van der Waals surface area contributed by atoms with Crippen LogP contribution in [0.1, 0.15) is 12.8 Å². The summed E-state index contributed by atoms with van der Waals surface area (Å²) in [6.45, 7) is 2.26. The molecule has 1 fully saturated rings. The third-order valence-corrected chi connectivity index (χ3v) is 3.80. The second-order valence-electron chi connectivity index (χ2n) is 5.04. The number of likely N-dealkylation sites (N-methyl/N-ethyl adjacent to an activating group) is 1. The number of carbonyl (C=O) groups is 1. The summed E-state index contributed by atoms with van der Waals surface area (Å²) < 4.78 is 5.34. The standard InChI is InChI=1S/C14H20ClN3O2/c1-18(11-5-7-20-9-11)6-4-14(19)17-13-3-2-10(16)8-12(13)15/h2-3,8,11H,4-7,9,16H2,1H3,(H,17,19). The molecule has 20 heavy (non-hydrogen) atoms. The molecule has 0 saturated carbocycles. The van der Waals surface area contributed by atoms with Crippen LogP contribution in [0.4, 0.5) is 11.4 Å². The van der Waals surface area contributed by atoms with Crippen molar-refractivity contribution in [3.8, 4) is 0 Å². The molecule has 6 heteroatoms. The summed E-state index contributed by atoms with van der Waals surface area (Å²) in [5, 5.41) is 3.25. The molecule has 0 bridgehead atoms. The maximum Gasteiger partial charge on any atom is 0.225 e. The number of rotatable bonds is 5. The van der Waals surface area contributed by atoms with Crippen molar-refractivity contribution in [3.05, 3.63) is 23.2 Å². The molecule has 0 radical (unpaired) electrons. The smallest absolute Gasteiger partial charge is 0.225 e. The van der Waals surface area contributed by atoms with Crippen LogP contribution in [0.2, 0.25) is 5.02 Å². The van der Waals surface area contributed by atoms with Gasteiger partial charge in [0.2, 0.25) is 5.91 Å². The van der Waals surface area contributed by atoms with E-state index in [0.29, 0.717) is 35.4 Å². The molecule has 110 valence electrons. The van der Waals surface area contributed by atoms with E-state index < -0.39 is 0 Å². The molecule has 1 saturated heterocycles. The minimum atomic E-state index is -0.0533. The van der Waals surface area contributed by atoms with Gasteiger partial charge in [0, 0.05) is 31.3 Å². The predicted octanol–water partition coefficient (Wildman–Crippen LogP) is 1.97. The van der Waals surface area contributed by atoms with Gasteiger partial charge in [-0.05, 0) is 31.7 Å². The van der Waals surface area contributed by atoms with Crippen molar-refractivity contribution in [3.63, 3.8) is 0 Å². The summed E-state index contributed by atoms with van der Waals surface area (Å²) in [6, 6.07) is 5.47. The van der Waals surface area contributed by atoms with Crippen molar-refractivity contribution in [1.82, 2.24) is 4.90 Å². The van der Waals surface area contributed by atoms with Gasteiger partial charge in [-0.2, -0.15) is 0 Å². The first-order valence-corrected chi connectivity index (χ1v) is 7.07. The third kappa shape index (κ3) is 4.10. The number of ether oxygens (including phenoxy) is 1. The van der Waals surface area contributed by atoms with Crippen LogP contribution in [0, 0.1) is 0 Å². The first-order chi connectivity index (χ1) is 9.56. The Kier molecular flexibility index (Phi) is 5.23. The Morgan fingerprint density at radius 3 is 3.05 bits per heavy atom. The highest BCUT2D eigenvalue weighted by atomic mass is 35.5. The summed E-state index contributed by atoms with van der Waals surface area (Å²) in [7, 11) is 2.02. The van der Waals surface area contributed by atoms with Gasteiger partial charge in [-0.25, -0.2) is 0 Å². The van der Waals surface area contributed by atoms with E-state index in [1.807, 2.05) is 7.05 Å². The highest BCUT2D eigenvalue weighted by Gasteiger charge is 2.20. The molecule has 1 aromatic carbocycles. The fourth-order valence-corrected chi connectivity index (χ4v) is 2.41. The van der Waals surface area contributed by atoms with E-state index in [4.69, 9.17) is 22.1 Å². The first-order valence-electron chi connectivity index (χ1n) is 6.69. The number of hydrogen-bond acceptors (Lipinski definition) is 4. The lowest BCUT2D eigenvalue weighted by Crippen LogP contribution is -2.34. The number of halogens is 1. The van der Waals surface area contributed by atoms with E-state index in [2.05, 4.69) is 10.2 Å². The summed E-state index contributed by atoms with van der Waals surface area (Å²) >= 11 is 6.02. The highest BCUT2D eigenvalue weighted by Crippen LogP contribution is 2.24. The minimum Gasteiger partial charge on any atom is -0.399 e. The lowest BCUT2D eigenvalue weighted by atomic mass is 10.2. The average Bonchev–Trinajstić information content (AvgIpc) is 2.93.